The predicted octanol–water partition coefficient (Wildman–Crippen LogP) is 4.31. The summed E-state index contributed by atoms with van der Waals surface area (Å²) in [6, 6.07) is 15.2. The first-order chi connectivity index (χ1) is 14.9. The molecule has 1 heterocycles. The van der Waals surface area contributed by atoms with Crippen molar-refractivity contribution in [2.75, 3.05) is 19.0 Å². The molecule has 1 N–H and O–H groups in total. The number of aryl methyl sites for hydroxylation is 2. The summed E-state index contributed by atoms with van der Waals surface area (Å²) in [5.74, 6) is -0.251. The lowest BCUT2D eigenvalue weighted by Gasteiger charge is -2.11. The van der Waals surface area contributed by atoms with Crippen molar-refractivity contribution in [3.05, 3.63) is 59.8 Å². The highest BCUT2D eigenvalue weighted by Gasteiger charge is 2.23. The van der Waals surface area contributed by atoms with E-state index in [1.165, 1.54) is 14.0 Å². The van der Waals surface area contributed by atoms with Gasteiger partial charge in [-0.2, -0.15) is 9.78 Å². The van der Waals surface area contributed by atoms with Crippen LogP contribution < -0.4 is 10.1 Å². The van der Waals surface area contributed by atoms with Gasteiger partial charge in [0.1, 0.15) is 6.61 Å². The summed E-state index contributed by atoms with van der Waals surface area (Å²) in [5, 5.41) is 7.59. The zero-order valence-electron chi connectivity index (χ0n) is 18.3. The van der Waals surface area contributed by atoms with Gasteiger partial charge in [0.2, 0.25) is 11.8 Å². The molecule has 7 nitrogen and oxygen atoms in total. The van der Waals surface area contributed by atoms with E-state index in [2.05, 4.69) is 12.2 Å². The molecule has 7 heteroatoms. The van der Waals surface area contributed by atoms with Crippen molar-refractivity contribution in [1.82, 2.24) is 9.78 Å². The highest BCUT2D eigenvalue weighted by molar-refractivity contribution is 5.92. The van der Waals surface area contributed by atoms with Crippen molar-refractivity contribution < 1.29 is 19.1 Å². The molecule has 1 amide bonds. The van der Waals surface area contributed by atoms with E-state index in [1.807, 2.05) is 43.3 Å². The fraction of sp³-hybridized carbons (Fsp3) is 0.292. The number of amides is 1. The van der Waals surface area contributed by atoms with Crippen LogP contribution in [-0.4, -0.2) is 35.4 Å². The van der Waals surface area contributed by atoms with Gasteiger partial charge in [-0.15, -0.1) is 0 Å². The number of hydrogen-bond acceptors (Lipinski definition) is 5. The van der Waals surface area contributed by atoms with Crippen molar-refractivity contribution in [3.8, 4) is 22.7 Å². The fourth-order valence-electron chi connectivity index (χ4n) is 3.39. The van der Waals surface area contributed by atoms with Crippen LogP contribution >= 0.6 is 0 Å². The molecular weight excluding hydrogens is 394 g/mol. The lowest BCUT2D eigenvalue weighted by Crippen LogP contribution is -2.16. The van der Waals surface area contributed by atoms with E-state index < -0.39 is 5.97 Å². The SMILES string of the molecule is CCCc1nn(-c2ccccc2C)c(OC(C)=O)c1-c1ccc(NC(=O)COC)cc1. The number of methoxy groups -OCH3 is 1. The first-order valence-corrected chi connectivity index (χ1v) is 10.2. The Hall–Kier alpha value is -3.45. The molecule has 0 unspecified atom stereocenters. The van der Waals surface area contributed by atoms with Crippen LogP contribution in [0.4, 0.5) is 5.69 Å². The third-order valence-electron chi connectivity index (χ3n) is 4.72. The molecule has 0 aliphatic heterocycles. The van der Waals surface area contributed by atoms with Crippen LogP contribution in [0.1, 0.15) is 31.5 Å². The molecule has 3 aromatic rings. The number of rotatable bonds is 8. The summed E-state index contributed by atoms with van der Waals surface area (Å²) in [4.78, 5) is 23.7. The Labute approximate surface area is 182 Å². The average molecular weight is 421 g/mol. The van der Waals surface area contributed by atoms with Crippen molar-refractivity contribution in [2.24, 2.45) is 0 Å². The van der Waals surface area contributed by atoms with E-state index in [0.29, 0.717) is 11.6 Å². The van der Waals surface area contributed by atoms with E-state index >= 15 is 0 Å². The summed E-state index contributed by atoms with van der Waals surface area (Å²) in [6.45, 7) is 5.44. The molecule has 0 atom stereocenters. The summed E-state index contributed by atoms with van der Waals surface area (Å²) in [7, 11) is 1.47. The second-order valence-electron chi connectivity index (χ2n) is 7.23. The van der Waals surface area contributed by atoms with Crippen molar-refractivity contribution in [3.63, 3.8) is 0 Å². The first kappa shape index (κ1) is 22.2. The van der Waals surface area contributed by atoms with Gasteiger partial charge in [-0.25, -0.2) is 0 Å². The number of hydrogen-bond donors (Lipinski definition) is 1. The molecule has 1 aromatic heterocycles. The highest BCUT2D eigenvalue weighted by Crippen LogP contribution is 2.37. The van der Waals surface area contributed by atoms with E-state index in [1.54, 1.807) is 16.8 Å². The van der Waals surface area contributed by atoms with Crippen LogP contribution in [0.15, 0.2) is 48.5 Å². The highest BCUT2D eigenvalue weighted by atomic mass is 16.5. The quantitative estimate of drug-likeness (QED) is 0.548. The summed E-state index contributed by atoms with van der Waals surface area (Å²) in [6.07, 6.45) is 1.62. The zero-order chi connectivity index (χ0) is 22.4. The zero-order valence-corrected chi connectivity index (χ0v) is 18.3. The number of esters is 1. The third kappa shape index (κ3) is 5.19. The maximum absolute atomic E-state index is 11.9. The Kier molecular flexibility index (Phi) is 7.20. The van der Waals surface area contributed by atoms with E-state index in [0.717, 1.165) is 40.9 Å². The minimum atomic E-state index is -0.414. The number of nitrogens with zero attached hydrogens (tertiary/aromatic N) is 2. The number of aromatic nitrogens is 2. The smallest absolute Gasteiger partial charge is 0.309 e. The van der Waals surface area contributed by atoms with Crippen molar-refractivity contribution in [1.29, 1.82) is 0 Å². The molecule has 0 spiro atoms. The third-order valence-corrected chi connectivity index (χ3v) is 4.72. The predicted molar refractivity (Wildman–Crippen MR) is 120 cm³/mol. The van der Waals surface area contributed by atoms with Crippen LogP contribution in [0.25, 0.3) is 16.8 Å². The first-order valence-electron chi connectivity index (χ1n) is 10.2. The largest absolute Gasteiger partial charge is 0.407 e. The minimum absolute atomic E-state index is 0.0117. The van der Waals surface area contributed by atoms with Gasteiger partial charge < -0.3 is 14.8 Å². The molecule has 0 bridgehead atoms. The second-order valence-corrected chi connectivity index (χ2v) is 7.23. The van der Waals surface area contributed by atoms with Gasteiger partial charge in [0.05, 0.1) is 16.9 Å². The molecular formula is C24H27N3O4. The Bertz CT molecular complexity index is 1070. The molecule has 0 saturated carbocycles. The summed E-state index contributed by atoms with van der Waals surface area (Å²) < 4.78 is 12.2. The molecule has 2 aromatic carbocycles. The maximum Gasteiger partial charge on any atom is 0.309 e. The lowest BCUT2D eigenvalue weighted by atomic mass is 10.0. The molecule has 0 fully saturated rings. The van der Waals surface area contributed by atoms with Crippen LogP contribution in [0.2, 0.25) is 0 Å². The number of carbonyl (C=O) groups excluding carboxylic acids is 2. The maximum atomic E-state index is 11.9. The summed E-state index contributed by atoms with van der Waals surface area (Å²) in [5.41, 5.74) is 5.00. The average Bonchev–Trinajstić information content (AvgIpc) is 3.06. The number of ether oxygens (including phenoxy) is 2. The van der Waals surface area contributed by atoms with Crippen LogP contribution in [0.3, 0.4) is 0 Å². The van der Waals surface area contributed by atoms with E-state index in [-0.39, 0.29) is 12.5 Å². The Morgan fingerprint density at radius 1 is 1.10 bits per heavy atom. The number of benzene rings is 2. The molecule has 0 saturated heterocycles. The topological polar surface area (TPSA) is 82.5 Å². The molecule has 0 aliphatic rings. The van der Waals surface area contributed by atoms with Crippen LogP contribution in [-0.2, 0) is 20.7 Å². The van der Waals surface area contributed by atoms with Gasteiger partial charge in [-0.1, -0.05) is 43.7 Å². The van der Waals surface area contributed by atoms with Crippen LogP contribution in [0.5, 0.6) is 5.88 Å². The lowest BCUT2D eigenvalue weighted by molar-refractivity contribution is -0.132. The normalized spacial score (nSPS) is 10.7. The van der Waals surface area contributed by atoms with Gasteiger partial charge in [-0.3, -0.25) is 9.59 Å². The van der Waals surface area contributed by atoms with Gasteiger partial charge in [0.15, 0.2) is 0 Å². The molecule has 31 heavy (non-hydrogen) atoms. The number of anilines is 1. The Morgan fingerprint density at radius 2 is 1.81 bits per heavy atom. The van der Waals surface area contributed by atoms with E-state index in [9.17, 15) is 9.59 Å². The van der Waals surface area contributed by atoms with Crippen molar-refractivity contribution >= 4 is 17.6 Å². The van der Waals surface area contributed by atoms with Gasteiger partial charge in [0, 0.05) is 19.7 Å². The Morgan fingerprint density at radius 3 is 2.42 bits per heavy atom. The molecule has 3 rings (SSSR count). The second kappa shape index (κ2) is 10.0. The fourth-order valence-corrected chi connectivity index (χ4v) is 3.39. The molecule has 0 aliphatic carbocycles. The number of para-hydroxylation sites is 1. The summed E-state index contributed by atoms with van der Waals surface area (Å²) >= 11 is 0. The van der Waals surface area contributed by atoms with Crippen LogP contribution in [0, 0.1) is 6.92 Å². The number of carbonyl (C=O) groups is 2. The van der Waals surface area contributed by atoms with Gasteiger partial charge >= 0.3 is 5.97 Å². The van der Waals surface area contributed by atoms with Crippen molar-refractivity contribution in [2.45, 2.75) is 33.6 Å². The monoisotopic (exact) mass is 421 g/mol. The minimum Gasteiger partial charge on any atom is -0.407 e. The van der Waals surface area contributed by atoms with Gasteiger partial charge in [0.25, 0.3) is 0 Å². The number of nitrogens with one attached hydrogen (secondary N) is 1. The van der Waals surface area contributed by atoms with Gasteiger partial charge in [-0.05, 0) is 42.7 Å². The van der Waals surface area contributed by atoms with E-state index in [4.69, 9.17) is 14.6 Å². The molecule has 162 valence electrons. The Balaban J connectivity index is 2.10. The standard InChI is InChI=1S/C24H27N3O4/c1-5-8-20-23(18-11-13-19(14-12-18)25-22(29)15-30-4)24(31-17(3)28)27(26-20)21-10-7-6-9-16(21)2/h6-7,9-14H,5,8,15H2,1-4H3,(H,25,29). The molecule has 0 radical (unpaired) electrons.